The standard InChI is InChI=1S/C8H18N2O/c1-2-10-6-3-4-8(10)5-7-11-9/h8H,2-7,9H2,1H3. The molecular formula is C8H18N2O. The van der Waals surface area contributed by atoms with Crippen LogP contribution in [0.2, 0.25) is 0 Å². The molecule has 0 bridgehead atoms. The Labute approximate surface area is 68.5 Å². The van der Waals surface area contributed by atoms with E-state index in [0.29, 0.717) is 6.61 Å². The molecule has 11 heavy (non-hydrogen) atoms. The molecule has 3 nitrogen and oxygen atoms in total. The molecule has 1 fully saturated rings. The second-order valence-electron chi connectivity index (χ2n) is 3.08. The third kappa shape index (κ3) is 2.43. The maximum atomic E-state index is 4.98. The van der Waals surface area contributed by atoms with Gasteiger partial charge in [0.25, 0.3) is 0 Å². The van der Waals surface area contributed by atoms with Gasteiger partial charge in [-0.2, -0.15) is 0 Å². The van der Waals surface area contributed by atoms with Crippen LogP contribution in [0.1, 0.15) is 26.2 Å². The summed E-state index contributed by atoms with van der Waals surface area (Å²) >= 11 is 0. The van der Waals surface area contributed by atoms with Gasteiger partial charge in [-0.25, -0.2) is 5.90 Å². The first-order chi connectivity index (χ1) is 5.38. The van der Waals surface area contributed by atoms with Crippen molar-refractivity contribution < 1.29 is 4.84 Å². The largest absolute Gasteiger partial charge is 0.305 e. The Morgan fingerprint density at radius 3 is 3.09 bits per heavy atom. The number of hydrogen-bond acceptors (Lipinski definition) is 3. The first kappa shape index (κ1) is 8.97. The third-order valence-electron chi connectivity index (χ3n) is 2.47. The molecule has 0 spiro atoms. The molecular weight excluding hydrogens is 140 g/mol. The first-order valence-corrected chi connectivity index (χ1v) is 4.44. The van der Waals surface area contributed by atoms with Crippen LogP contribution in [0.3, 0.4) is 0 Å². The molecule has 0 saturated carbocycles. The van der Waals surface area contributed by atoms with E-state index in [1.54, 1.807) is 0 Å². The van der Waals surface area contributed by atoms with Crippen LogP contribution in [0.25, 0.3) is 0 Å². The number of nitrogens with two attached hydrogens (primary N) is 1. The van der Waals surface area contributed by atoms with E-state index in [1.807, 2.05) is 0 Å². The molecule has 2 N–H and O–H groups in total. The lowest BCUT2D eigenvalue weighted by Gasteiger charge is -2.21. The van der Waals surface area contributed by atoms with Gasteiger partial charge >= 0.3 is 0 Å². The van der Waals surface area contributed by atoms with Crippen LogP contribution in [0.4, 0.5) is 0 Å². The SMILES string of the molecule is CCN1CCCC1CCON. The Bertz CT molecular complexity index is 108. The molecule has 66 valence electrons. The van der Waals surface area contributed by atoms with Crippen molar-refractivity contribution in [2.75, 3.05) is 19.7 Å². The van der Waals surface area contributed by atoms with E-state index in [9.17, 15) is 0 Å². The molecule has 0 aliphatic carbocycles. The van der Waals surface area contributed by atoms with E-state index in [4.69, 9.17) is 5.90 Å². The molecule has 1 heterocycles. The van der Waals surface area contributed by atoms with Crippen molar-refractivity contribution in [1.29, 1.82) is 0 Å². The molecule has 1 atom stereocenters. The van der Waals surface area contributed by atoms with Gasteiger partial charge in [-0.05, 0) is 32.4 Å². The molecule has 1 unspecified atom stereocenters. The molecule has 1 rings (SSSR count). The molecule has 0 aromatic heterocycles. The highest BCUT2D eigenvalue weighted by Crippen LogP contribution is 2.18. The van der Waals surface area contributed by atoms with Gasteiger partial charge in [0.15, 0.2) is 0 Å². The van der Waals surface area contributed by atoms with Crippen LogP contribution in [-0.2, 0) is 4.84 Å². The lowest BCUT2D eigenvalue weighted by molar-refractivity contribution is 0.112. The van der Waals surface area contributed by atoms with E-state index in [2.05, 4.69) is 16.7 Å². The minimum absolute atomic E-state index is 0.696. The minimum atomic E-state index is 0.696. The van der Waals surface area contributed by atoms with Crippen LogP contribution in [0.15, 0.2) is 0 Å². The molecule has 3 heteroatoms. The Balaban J connectivity index is 2.20. The Morgan fingerprint density at radius 1 is 1.64 bits per heavy atom. The van der Waals surface area contributed by atoms with Crippen molar-refractivity contribution in [2.45, 2.75) is 32.2 Å². The highest BCUT2D eigenvalue weighted by atomic mass is 16.6. The van der Waals surface area contributed by atoms with E-state index in [-0.39, 0.29) is 0 Å². The van der Waals surface area contributed by atoms with Crippen LogP contribution in [0, 0.1) is 0 Å². The quantitative estimate of drug-likeness (QED) is 0.614. The third-order valence-corrected chi connectivity index (χ3v) is 2.47. The normalized spacial score (nSPS) is 26.2. The smallest absolute Gasteiger partial charge is 0.0694 e. The fourth-order valence-corrected chi connectivity index (χ4v) is 1.84. The summed E-state index contributed by atoms with van der Waals surface area (Å²) in [5.74, 6) is 4.98. The van der Waals surface area contributed by atoms with E-state index >= 15 is 0 Å². The fourth-order valence-electron chi connectivity index (χ4n) is 1.84. The summed E-state index contributed by atoms with van der Waals surface area (Å²) in [5.41, 5.74) is 0. The summed E-state index contributed by atoms with van der Waals surface area (Å²) in [6, 6.07) is 0.726. The molecule has 1 aliphatic heterocycles. The summed E-state index contributed by atoms with van der Waals surface area (Å²) in [6.45, 7) is 5.32. The van der Waals surface area contributed by atoms with Crippen LogP contribution >= 0.6 is 0 Å². The Kier molecular flexibility index (Phi) is 3.83. The average molecular weight is 158 g/mol. The van der Waals surface area contributed by atoms with E-state index in [0.717, 1.165) is 19.0 Å². The lowest BCUT2D eigenvalue weighted by atomic mass is 10.1. The zero-order chi connectivity index (χ0) is 8.10. The van der Waals surface area contributed by atoms with Crippen molar-refractivity contribution in [2.24, 2.45) is 5.90 Å². The van der Waals surface area contributed by atoms with Crippen molar-refractivity contribution >= 4 is 0 Å². The minimum Gasteiger partial charge on any atom is -0.305 e. The van der Waals surface area contributed by atoms with Crippen molar-refractivity contribution in [1.82, 2.24) is 4.90 Å². The van der Waals surface area contributed by atoms with Crippen LogP contribution < -0.4 is 5.90 Å². The van der Waals surface area contributed by atoms with Gasteiger partial charge in [-0.15, -0.1) is 0 Å². The molecule has 0 amide bonds. The van der Waals surface area contributed by atoms with Gasteiger partial charge in [0.2, 0.25) is 0 Å². The highest BCUT2D eigenvalue weighted by Gasteiger charge is 2.21. The Hall–Kier alpha value is -0.120. The molecule has 0 aromatic rings. The highest BCUT2D eigenvalue weighted by molar-refractivity contribution is 4.77. The maximum absolute atomic E-state index is 4.98. The van der Waals surface area contributed by atoms with Gasteiger partial charge in [0, 0.05) is 6.04 Å². The Morgan fingerprint density at radius 2 is 2.45 bits per heavy atom. The van der Waals surface area contributed by atoms with E-state index < -0.39 is 0 Å². The van der Waals surface area contributed by atoms with Crippen LogP contribution in [0.5, 0.6) is 0 Å². The summed E-state index contributed by atoms with van der Waals surface area (Å²) in [6.07, 6.45) is 3.74. The summed E-state index contributed by atoms with van der Waals surface area (Å²) in [4.78, 5) is 7.07. The predicted molar refractivity (Wildman–Crippen MR) is 45.0 cm³/mol. The van der Waals surface area contributed by atoms with Gasteiger partial charge in [-0.1, -0.05) is 6.92 Å². The summed E-state index contributed by atoms with van der Waals surface area (Å²) in [7, 11) is 0. The monoisotopic (exact) mass is 158 g/mol. The van der Waals surface area contributed by atoms with Crippen LogP contribution in [-0.4, -0.2) is 30.6 Å². The number of nitrogens with zero attached hydrogens (tertiary/aromatic N) is 1. The van der Waals surface area contributed by atoms with Crippen molar-refractivity contribution in [3.63, 3.8) is 0 Å². The van der Waals surface area contributed by atoms with Gasteiger partial charge < -0.3 is 9.74 Å². The average Bonchev–Trinajstić information content (AvgIpc) is 2.47. The topological polar surface area (TPSA) is 38.5 Å². The lowest BCUT2D eigenvalue weighted by Crippen LogP contribution is -2.30. The number of likely N-dealkylation sites (tertiary alicyclic amines) is 1. The van der Waals surface area contributed by atoms with Gasteiger partial charge in [0.1, 0.15) is 0 Å². The first-order valence-electron chi connectivity index (χ1n) is 4.44. The maximum Gasteiger partial charge on any atom is 0.0694 e. The zero-order valence-corrected chi connectivity index (χ0v) is 7.25. The molecule has 1 aliphatic rings. The van der Waals surface area contributed by atoms with Crippen molar-refractivity contribution in [3.05, 3.63) is 0 Å². The second kappa shape index (κ2) is 4.70. The summed E-state index contributed by atoms with van der Waals surface area (Å²) in [5, 5.41) is 0. The molecule has 0 radical (unpaired) electrons. The zero-order valence-electron chi connectivity index (χ0n) is 7.25. The number of rotatable bonds is 4. The predicted octanol–water partition coefficient (Wildman–Crippen LogP) is 0.751. The van der Waals surface area contributed by atoms with Gasteiger partial charge in [-0.3, -0.25) is 0 Å². The fraction of sp³-hybridized carbons (Fsp3) is 1.00. The van der Waals surface area contributed by atoms with E-state index in [1.165, 1.54) is 19.4 Å². The summed E-state index contributed by atoms with van der Waals surface area (Å²) < 4.78 is 0. The van der Waals surface area contributed by atoms with Gasteiger partial charge in [0.05, 0.1) is 6.61 Å². The van der Waals surface area contributed by atoms with Crippen molar-refractivity contribution in [3.8, 4) is 0 Å². The molecule has 1 saturated heterocycles. The molecule has 0 aromatic carbocycles. The number of hydrogen-bond donors (Lipinski definition) is 1. The second-order valence-corrected chi connectivity index (χ2v) is 3.08.